The Morgan fingerprint density at radius 3 is 2.30 bits per heavy atom. The Kier molecular flexibility index (Phi) is 4.66. The fourth-order valence-corrected chi connectivity index (χ4v) is 4.15. The summed E-state index contributed by atoms with van der Waals surface area (Å²) in [5.74, 6) is 0.180. The maximum Gasteiger partial charge on any atom is 0.196 e. The molecule has 0 saturated carbocycles. The molecule has 30 heavy (non-hydrogen) atoms. The first-order valence-electron chi connectivity index (χ1n) is 10.5. The molecule has 5 rings (SSSR count). The van der Waals surface area contributed by atoms with Crippen molar-refractivity contribution in [3.8, 4) is 0 Å². The summed E-state index contributed by atoms with van der Waals surface area (Å²) in [5, 5.41) is 10.9. The molecule has 1 heterocycles. The van der Waals surface area contributed by atoms with Gasteiger partial charge in [-0.25, -0.2) is 9.78 Å². The van der Waals surface area contributed by atoms with Crippen LogP contribution in [0.2, 0.25) is 0 Å². The number of anilines is 1. The molecule has 1 fully saturated rings. The quantitative estimate of drug-likeness (QED) is 0.309. The summed E-state index contributed by atoms with van der Waals surface area (Å²) >= 11 is 0. The summed E-state index contributed by atoms with van der Waals surface area (Å²) in [6.45, 7) is 8.07. The molecule has 1 aliphatic rings. The van der Waals surface area contributed by atoms with E-state index in [1.54, 1.807) is 0 Å². The minimum Gasteiger partial charge on any atom is -0.357 e. The van der Waals surface area contributed by atoms with E-state index in [1.807, 2.05) is 13.8 Å². The van der Waals surface area contributed by atoms with Crippen molar-refractivity contribution in [2.75, 3.05) is 5.32 Å². The SMILES string of the molecule is CC(C)C1OOC(C)(C)C(Nc2cc3ccccc3c3ccc4ccccc4c23)O1. The molecule has 2 atom stereocenters. The first-order chi connectivity index (χ1) is 14.4. The van der Waals surface area contributed by atoms with E-state index in [2.05, 4.69) is 85.9 Å². The lowest BCUT2D eigenvalue weighted by atomic mass is 9.95. The van der Waals surface area contributed by atoms with Crippen LogP contribution in [0.1, 0.15) is 27.7 Å². The van der Waals surface area contributed by atoms with Gasteiger partial charge in [-0.1, -0.05) is 74.5 Å². The molecule has 4 aromatic rings. The van der Waals surface area contributed by atoms with E-state index in [0.29, 0.717) is 0 Å². The molecular formula is C26H27NO3. The van der Waals surface area contributed by atoms with E-state index in [-0.39, 0.29) is 12.1 Å². The van der Waals surface area contributed by atoms with E-state index < -0.39 is 11.9 Å². The summed E-state index contributed by atoms with van der Waals surface area (Å²) in [5.41, 5.74) is 0.389. The predicted molar refractivity (Wildman–Crippen MR) is 122 cm³/mol. The zero-order valence-electron chi connectivity index (χ0n) is 17.8. The standard InChI is InChI=1S/C26H27NO3/c1-16(2)24-28-25(26(3,4)30-29-24)27-22-15-18-10-6-7-11-19(18)21-14-13-17-9-5-8-12-20(17)23(21)22/h5-16,24-25,27H,1-4H3. The summed E-state index contributed by atoms with van der Waals surface area (Å²) in [6.07, 6.45) is -0.777. The highest BCUT2D eigenvalue weighted by atomic mass is 17.2. The molecule has 0 aromatic heterocycles. The van der Waals surface area contributed by atoms with Crippen LogP contribution in [0.5, 0.6) is 0 Å². The van der Waals surface area contributed by atoms with E-state index in [4.69, 9.17) is 14.5 Å². The summed E-state index contributed by atoms with van der Waals surface area (Å²) in [7, 11) is 0. The van der Waals surface area contributed by atoms with Crippen molar-refractivity contribution in [2.45, 2.75) is 45.8 Å². The summed E-state index contributed by atoms with van der Waals surface area (Å²) < 4.78 is 6.28. The monoisotopic (exact) mass is 401 g/mol. The van der Waals surface area contributed by atoms with E-state index >= 15 is 0 Å². The first-order valence-corrected chi connectivity index (χ1v) is 10.5. The third-order valence-corrected chi connectivity index (χ3v) is 5.84. The minimum atomic E-state index is -0.645. The van der Waals surface area contributed by atoms with Gasteiger partial charge in [0.2, 0.25) is 0 Å². The van der Waals surface area contributed by atoms with E-state index in [1.165, 1.54) is 32.3 Å². The van der Waals surface area contributed by atoms with Gasteiger partial charge in [0.15, 0.2) is 12.5 Å². The van der Waals surface area contributed by atoms with Crippen molar-refractivity contribution >= 4 is 38.0 Å². The number of hydrogen-bond donors (Lipinski definition) is 1. The van der Waals surface area contributed by atoms with Gasteiger partial charge in [0.05, 0.1) is 0 Å². The van der Waals surface area contributed by atoms with Gasteiger partial charge in [0.25, 0.3) is 0 Å². The Bertz CT molecular complexity index is 1230. The average Bonchev–Trinajstić information content (AvgIpc) is 2.74. The van der Waals surface area contributed by atoms with Crippen molar-refractivity contribution < 1.29 is 14.5 Å². The fourth-order valence-electron chi connectivity index (χ4n) is 4.15. The van der Waals surface area contributed by atoms with Gasteiger partial charge in [-0.05, 0) is 46.8 Å². The van der Waals surface area contributed by atoms with Gasteiger partial charge in [-0.2, -0.15) is 0 Å². The van der Waals surface area contributed by atoms with Crippen LogP contribution >= 0.6 is 0 Å². The molecule has 1 N–H and O–H groups in total. The predicted octanol–water partition coefficient (Wildman–Crippen LogP) is 6.62. The minimum absolute atomic E-state index is 0.180. The molecule has 4 aromatic carbocycles. The molecule has 0 spiro atoms. The second kappa shape index (κ2) is 7.24. The normalized spacial score (nSPS) is 21.5. The smallest absolute Gasteiger partial charge is 0.196 e. The number of rotatable bonds is 3. The van der Waals surface area contributed by atoms with E-state index in [0.717, 1.165) is 5.69 Å². The highest BCUT2D eigenvalue weighted by molar-refractivity contribution is 6.22. The summed E-state index contributed by atoms with van der Waals surface area (Å²) in [4.78, 5) is 11.2. The second-order valence-corrected chi connectivity index (χ2v) is 8.91. The maximum absolute atomic E-state index is 6.28. The molecule has 2 unspecified atom stereocenters. The van der Waals surface area contributed by atoms with Gasteiger partial charge in [0, 0.05) is 17.0 Å². The lowest BCUT2D eigenvalue weighted by Gasteiger charge is -2.42. The highest BCUT2D eigenvalue weighted by Crippen LogP contribution is 2.39. The van der Waals surface area contributed by atoms with Crippen LogP contribution in [0.4, 0.5) is 5.69 Å². The lowest BCUT2D eigenvalue weighted by Crippen LogP contribution is -2.54. The molecular weight excluding hydrogens is 374 g/mol. The van der Waals surface area contributed by atoms with Gasteiger partial charge in [0.1, 0.15) is 5.60 Å². The van der Waals surface area contributed by atoms with Crippen molar-refractivity contribution in [2.24, 2.45) is 5.92 Å². The topological polar surface area (TPSA) is 39.7 Å². The molecule has 4 nitrogen and oxygen atoms in total. The van der Waals surface area contributed by atoms with Crippen molar-refractivity contribution in [3.63, 3.8) is 0 Å². The molecule has 1 saturated heterocycles. The van der Waals surface area contributed by atoms with Crippen LogP contribution in [-0.2, 0) is 14.5 Å². The third-order valence-electron chi connectivity index (χ3n) is 5.84. The maximum atomic E-state index is 6.28. The average molecular weight is 402 g/mol. The van der Waals surface area contributed by atoms with Crippen LogP contribution in [-0.4, -0.2) is 18.1 Å². The summed E-state index contributed by atoms with van der Waals surface area (Å²) in [6, 6.07) is 23.6. The largest absolute Gasteiger partial charge is 0.357 e. The number of nitrogens with one attached hydrogen (secondary N) is 1. The number of fused-ring (bicyclic) bond motifs is 5. The molecule has 4 heteroatoms. The molecule has 0 amide bonds. The van der Waals surface area contributed by atoms with Gasteiger partial charge in [-0.15, -0.1) is 0 Å². The Balaban J connectivity index is 1.71. The Morgan fingerprint density at radius 1 is 0.833 bits per heavy atom. The third kappa shape index (κ3) is 3.21. The molecule has 0 radical (unpaired) electrons. The Morgan fingerprint density at radius 2 is 1.53 bits per heavy atom. The molecule has 0 aliphatic carbocycles. The van der Waals surface area contributed by atoms with Gasteiger partial charge < -0.3 is 10.1 Å². The Hall–Kier alpha value is -2.66. The van der Waals surface area contributed by atoms with E-state index in [9.17, 15) is 0 Å². The molecule has 1 aliphatic heterocycles. The molecule has 154 valence electrons. The zero-order valence-corrected chi connectivity index (χ0v) is 17.8. The van der Waals surface area contributed by atoms with Crippen LogP contribution < -0.4 is 5.32 Å². The van der Waals surface area contributed by atoms with Crippen molar-refractivity contribution in [3.05, 3.63) is 66.7 Å². The zero-order chi connectivity index (χ0) is 20.9. The lowest BCUT2D eigenvalue weighted by molar-refractivity contribution is -0.485. The number of hydrogen-bond acceptors (Lipinski definition) is 4. The van der Waals surface area contributed by atoms with Crippen molar-refractivity contribution in [1.82, 2.24) is 0 Å². The fraction of sp³-hybridized carbons (Fsp3) is 0.308. The van der Waals surface area contributed by atoms with Crippen LogP contribution in [0.25, 0.3) is 32.3 Å². The van der Waals surface area contributed by atoms with Crippen LogP contribution in [0, 0.1) is 5.92 Å². The van der Waals surface area contributed by atoms with Crippen LogP contribution in [0.15, 0.2) is 66.7 Å². The highest BCUT2D eigenvalue weighted by Gasteiger charge is 2.41. The number of ether oxygens (including phenoxy) is 1. The second-order valence-electron chi connectivity index (χ2n) is 8.91. The molecule has 0 bridgehead atoms. The Labute approximate surface area is 176 Å². The van der Waals surface area contributed by atoms with Gasteiger partial charge in [-0.3, -0.25) is 0 Å². The van der Waals surface area contributed by atoms with Gasteiger partial charge >= 0.3 is 0 Å². The van der Waals surface area contributed by atoms with Crippen molar-refractivity contribution in [1.29, 1.82) is 0 Å². The van der Waals surface area contributed by atoms with Crippen LogP contribution in [0.3, 0.4) is 0 Å². The first kappa shape index (κ1) is 19.3. The number of benzene rings is 4.